The molecule has 24 heavy (non-hydrogen) atoms. The number of para-hydroxylation sites is 2. The molecule has 0 aliphatic heterocycles. The fraction of sp³-hybridized carbons (Fsp3) is 0.267. The van der Waals surface area contributed by atoms with Crippen molar-refractivity contribution in [3.8, 4) is 5.75 Å². The van der Waals surface area contributed by atoms with Gasteiger partial charge in [-0.2, -0.15) is 8.78 Å². The van der Waals surface area contributed by atoms with Crippen LogP contribution in [0, 0.1) is 13.8 Å². The van der Waals surface area contributed by atoms with Gasteiger partial charge < -0.3 is 19.3 Å². The summed E-state index contributed by atoms with van der Waals surface area (Å²) in [4.78, 5) is 23.7. The molecule has 0 unspecified atom stereocenters. The van der Waals surface area contributed by atoms with Crippen LogP contribution in [-0.2, 0) is 9.53 Å². The van der Waals surface area contributed by atoms with Crippen LogP contribution in [-0.4, -0.2) is 30.3 Å². The van der Waals surface area contributed by atoms with E-state index in [2.05, 4.69) is 15.2 Å². The molecule has 1 aromatic carbocycles. The van der Waals surface area contributed by atoms with Crippen LogP contribution in [0.25, 0.3) is 0 Å². The van der Waals surface area contributed by atoms with Crippen LogP contribution in [0.5, 0.6) is 5.75 Å². The van der Waals surface area contributed by atoms with Crippen molar-refractivity contribution in [2.24, 2.45) is 0 Å². The van der Waals surface area contributed by atoms with Crippen LogP contribution in [0.15, 0.2) is 28.8 Å². The SMILES string of the molecule is Cc1noc(C)c1C(=O)OCC(=O)Nc1ccccc1OC(F)F. The molecule has 2 aromatic rings. The van der Waals surface area contributed by atoms with Crippen LogP contribution >= 0.6 is 0 Å². The van der Waals surface area contributed by atoms with Crippen LogP contribution < -0.4 is 10.1 Å². The van der Waals surface area contributed by atoms with Gasteiger partial charge in [0.25, 0.3) is 5.91 Å². The molecule has 0 aliphatic rings. The van der Waals surface area contributed by atoms with Crippen LogP contribution in [0.3, 0.4) is 0 Å². The average Bonchev–Trinajstić information content (AvgIpc) is 2.85. The van der Waals surface area contributed by atoms with Crippen molar-refractivity contribution >= 4 is 17.6 Å². The maximum atomic E-state index is 12.3. The fourth-order valence-electron chi connectivity index (χ4n) is 1.93. The first-order chi connectivity index (χ1) is 11.4. The summed E-state index contributed by atoms with van der Waals surface area (Å²) in [6.45, 7) is -0.536. The molecule has 128 valence electrons. The lowest BCUT2D eigenvalue weighted by Gasteiger charge is -2.11. The molecule has 0 atom stereocenters. The lowest BCUT2D eigenvalue weighted by Crippen LogP contribution is -2.22. The lowest BCUT2D eigenvalue weighted by atomic mass is 10.2. The summed E-state index contributed by atoms with van der Waals surface area (Å²) in [7, 11) is 0. The lowest BCUT2D eigenvalue weighted by molar-refractivity contribution is -0.119. The fourth-order valence-corrected chi connectivity index (χ4v) is 1.93. The van der Waals surface area contributed by atoms with Gasteiger partial charge in [0.1, 0.15) is 17.1 Å². The number of aryl methyl sites for hydroxylation is 2. The summed E-state index contributed by atoms with van der Waals surface area (Å²) in [6.07, 6.45) is 0. The predicted octanol–water partition coefficient (Wildman–Crippen LogP) is 2.69. The standard InChI is InChI=1S/C15H14F2N2O5/c1-8-13(9(2)24-19-8)14(21)22-7-12(20)18-10-5-3-4-6-11(10)23-15(16)17/h3-6,15H,7H2,1-2H3,(H,18,20). The molecule has 0 bridgehead atoms. The normalized spacial score (nSPS) is 10.5. The van der Waals surface area contributed by atoms with Crippen molar-refractivity contribution in [3.63, 3.8) is 0 Å². The number of ether oxygens (including phenoxy) is 2. The highest BCUT2D eigenvalue weighted by atomic mass is 19.3. The van der Waals surface area contributed by atoms with Gasteiger partial charge in [-0.05, 0) is 26.0 Å². The number of esters is 1. The second-order valence-electron chi connectivity index (χ2n) is 4.70. The molecule has 9 heteroatoms. The van der Waals surface area contributed by atoms with E-state index in [0.717, 1.165) is 0 Å². The number of benzene rings is 1. The maximum Gasteiger partial charge on any atom is 0.387 e. The van der Waals surface area contributed by atoms with Crippen molar-refractivity contribution < 1.29 is 32.4 Å². The summed E-state index contributed by atoms with van der Waals surface area (Å²) < 4.78 is 38.6. The Hall–Kier alpha value is -2.97. The van der Waals surface area contributed by atoms with Crippen LogP contribution in [0.4, 0.5) is 14.5 Å². The van der Waals surface area contributed by atoms with E-state index in [4.69, 9.17) is 9.26 Å². The van der Waals surface area contributed by atoms with Crippen LogP contribution in [0.1, 0.15) is 21.8 Å². The first-order valence-corrected chi connectivity index (χ1v) is 6.82. The number of halogens is 2. The highest BCUT2D eigenvalue weighted by molar-refractivity contribution is 5.97. The second kappa shape index (κ2) is 7.53. The molecule has 1 aromatic heterocycles. The van der Waals surface area contributed by atoms with E-state index >= 15 is 0 Å². The third kappa shape index (κ3) is 4.28. The van der Waals surface area contributed by atoms with Gasteiger partial charge in [-0.1, -0.05) is 17.3 Å². The highest BCUT2D eigenvalue weighted by Crippen LogP contribution is 2.25. The van der Waals surface area contributed by atoms with E-state index < -0.39 is 25.1 Å². The minimum atomic E-state index is -3.03. The number of hydrogen-bond donors (Lipinski definition) is 1. The number of anilines is 1. The molecule has 1 amide bonds. The number of hydrogen-bond acceptors (Lipinski definition) is 6. The number of amides is 1. The number of aromatic nitrogens is 1. The number of carbonyl (C=O) groups excluding carboxylic acids is 2. The van der Waals surface area contributed by atoms with E-state index in [1.807, 2.05) is 0 Å². The van der Waals surface area contributed by atoms with Gasteiger partial charge in [0.2, 0.25) is 0 Å². The van der Waals surface area contributed by atoms with Crippen molar-refractivity contribution in [2.75, 3.05) is 11.9 Å². The highest BCUT2D eigenvalue weighted by Gasteiger charge is 2.20. The summed E-state index contributed by atoms with van der Waals surface area (Å²) >= 11 is 0. The van der Waals surface area contributed by atoms with Gasteiger partial charge in [0.15, 0.2) is 6.61 Å². The predicted molar refractivity (Wildman–Crippen MR) is 78.0 cm³/mol. The Morgan fingerprint density at radius 2 is 2.00 bits per heavy atom. The quantitative estimate of drug-likeness (QED) is 0.813. The molecule has 0 aliphatic carbocycles. The van der Waals surface area contributed by atoms with E-state index in [1.165, 1.54) is 31.2 Å². The molecular weight excluding hydrogens is 326 g/mol. The van der Waals surface area contributed by atoms with E-state index in [1.54, 1.807) is 6.92 Å². The number of rotatable bonds is 6. The Bertz CT molecular complexity index is 726. The molecule has 0 saturated heterocycles. The van der Waals surface area contributed by atoms with Crippen LogP contribution in [0.2, 0.25) is 0 Å². The zero-order valence-electron chi connectivity index (χ0n) is 12.8. The monoisotopic (exact) mass is 340 g/mol. The number of alkyl halides is 2. The maximum absolute atomic E-state index is 12.3. The Labute approximate surface area is 135 Å². The number of nitrogens with one attached hydrogen (secondary N) is 1. The average molecular weight is 340 g/mol. The van der Waals surface area contributed by atoms with Gasteiger partial charge in [0, 0.05) is 0 Å². The Morgan fingerprint density at radius 1 is 1.29 bits per heavy atom. The van der Waals surface area contributed by atoms with Crippen molar-refractivity contribution in [2.45, 2.75) is 20.5 Å². The molecule has 0 fully saturated rings. The molecule has 2 rings (SSSR count). The second-order valence-corrected chi connectivity index (χ2v) is 4.70. The number of nitrogens with zero attached hydrogens (tertiary/aromatic N) is 1. The Balaban J connectivity index is 1.96. The minimum Gasteiger partial charge on any atom is -0.452 e. The van der Waals surface area contributed by atoms with Crippen molar-refractivity contribution in [3.05, 3.63) is 41.3 Å². The third-order valence-electron chi connectivity index (χ3n) is 2.95. The molecule has 0 radical (unpaired) electrons. The summed E-state index contributed by atoms with van der Waals surface area (Å²) in [5.41, 5.74) is 0.522. The van der Waals surface area contributed by atoms with Crippen molar-refractivity contribution in [1.82, 2.24) is 5.16 Å². The molecule has 7 nitrogen and oxygen atoms in total. The summed E-state index contributed by atoms with van der Waals surface area (Å²) in [5.74, 6) is -1.40. The largest absolute Gasteiger partial charge is 0.452 e. The zero-order valence-corrected chi connectivity index (χ0v) is 12.8. The van der Waals surface area contributed by atoms with Gasteiger partial charge in [-0.15, -0.1) is 0 Å². The zero-order chi connectivity index (χ0) is 17.7. The Kier molecular flexibility index (Phi) is 5.46. The number of carbonyl (C=O) groups is 2. The molecule has 1 heterocycles. The molecule has 0 saturated carbocycles. The van der Waals surface area contributed by atoms with E-state index in [0.29, 0.717) is 5.69 Å². The van der Waals surface area contributed by atoms with Gasteiger partial charge >= 0.3 is 12.6 Å². The topological polar surface area (TPSA) is 90.7 Å². The molecule has 0 spiro atoms. The van der Waals surface area contributed by atoms with E-state index in [9.17, 15) is 18.4 Å². The van der Waals surface area contributed by atoms with E-state index in [-0.39, 0.29) is 22.8 Å². The van der Waals surface area contributed by atoms with Gasteiger partial charge in [-0.3, -0.25) is 4.79 Å². The third-order valence-corrected chi connectivity index (χ3v) is 2.95. The minimum absolute atomic E-state index is 0.0381. The van der Waals surface area contributed by atoms with Gasteiger partial charge in [-0.25, -0.2) is 4.79 Å². The Morgan fingerprint density at radius 3 is 2.62 bits per heavy atom. The summed E-state index contributed by atoms with van der Waals surface area (Å²) in [6, 6.07) is 5.66. The molecule has 1 N–H and O–H groups in total. The smallest absolute Gasteiger partial charge is 0.387 e. The van der Waals surface area contributed by atoms with Gasteiger partial charge in [0.05, 0.1) is 11.4 Å². The summed E-state index contributed by atoms with van der Waals surface area (Å²) in [5, 5.41) is 5.94. The first kappa shape index (κ1) is 17.4. The molecular formula is C15H14F2N2O5. The first-order valence-electron chi connectivity index (χ1n) is 6.82. The van der Waals surface area contributed by atoms with Crippen molar-refractivity contribution in [1.29, 1.82) is 0 Å².